The normalized spacial score (nSPS) is 8.64. The molecule has 0 saturated heterocycles. The van der Waals surface area contributed by atoms with Crippen LogP contribution in [-0.4, -0.2) is 49.7 Å². The van der Waals surface area contributed by atoms with Crippen molar-refractivity contribution >= 4 is 49.7 Å². The first-order valence-electron chi connectivity index (χ1n) is 3.60. The van der Waals surface area contributed by atoms with Gasteiger partial charge in [-0.2, -0.15) is 0 Å². The van der Waals surface area contributed by atoms with Crippen LogP contribution in [0.5, 0.6) is 5.75 Å². The van der Waals surface area contributed by atoms with E-state index in [0.717, 1.165) is 0 Å². The monoisotopic (exact) mass is 219 g/mol. The summed E-state index contributed by atoms with van der Waals surface area (Å²) in [6, 6.07) is 5.81. The van der Waals surface area contributed by atoms with Crippen molar-refractivity contribution in [2.75, 3.05) is 0 Å². The second-order valence-corrected chi connectivity index (χ2v) is 2.38. The molecule has 1 rings (SSSR count). The Morgan fingerprint density at radius 3 is 2.36 bits per heavy atom. The molecule has 0 aliphatic carbocycles. The van der Waals surface area contributed by atoms with Gasteiger partial charge >= 0.3 is 43.7 Å². The van der Waals surface area contributed by atoms with E-state index < -0.39 is 11.9 Å². The molecule has 0 heterocycles. The molecule has 0 aromatic heterocycles. The van der Waals surface area contributed by atoms with Crippen molar-refractivity contribution < 1.29 is 19.4 Å². The van der Waals surface area contributed by atoms with E-state index in [1.807, 2.05) is 0 Å². The molecular weight excluding hydrogens is 212 g/mol. The molecule has 0 radical (unpaired) electrons. The molecule has 0 N–H and O–H groups in total. The van der Waals surface area contributed by atoms with Crippen molar-refractivity contribution in [2.24, 2.45) is 0 Å². The Morgan fingerprint density at radius 1 is 1.29 bits per heavy atom. The second-order valence-electron chi connectivity index (χ2n) is 2.38. The summed E-state index contributed by atoms with van der Waals surface area (Å²) in [6.45, 7) is 1.20. The van der Waals surface area contributed by atoms with Crippen LogP contribution >= 0.6 is 0 Å². The zero-order valence-corrected chi connectivity index (χ0v) is 9.86. The summed E-state index contributed by atoms with van der Waals surface area (Å²) in [7, 11) is 0. The van der Waals surface area contributed by atoms with Crippen molar-refractivity contribution in [3.8, 4) is 5.75 Å². The number of esters is 1. The van der Waals surface area contributed by atoms with Gasteiger partial charge < -0.3 is 14.6 Å². The molecule has 1 aromatic carbocycles. The van der Waals surface area contributed by atoms with Gasteiger partial charge in [0.15, 0.2) is 0 Å². The third-order valence-electron chi connectivity index (χ3n) is 1.36. The first-order chi connectivity index (χ1) is 6.11. The van der Waals surface area contributed by atoms with Crippen LogP contribution in [0.15, 0.2) is 24.3 Å². The summed E-state index contributed by atoms with van der Waals surface area (Å²) in [5.41, 5.74) is -0.127. The predicted octanol–water partition coefficient (Wildman–Crippen LogP) is -0.405. The van der Waals surface area contributed by atoms with Gasteiger partial charge in [0.05, 0.1) is 5.97 Å². The van der Waals surface area contributed by atoms with Crippen LogP contribution in [0.2, 0.25) is 0 Å². The summed E-state index contributed by atoms with van der Waals surface area (Å²) in [5, 5.41) is 10.5. The van der Waals surface area contributed by atoms with Gasteiger partial charge in [-0.25, -0.2) is 0 Å². The zero-order valence-electron chi connectivity index (χ0n) is 7.65. The minimum absolute atomic E-state index is 0. The van der Waals surface area contributed by atoms with Gasteiger partial charge in [0.1, 0.15) is 5.75 Å². The molecule has 4 nitrogen and oxygen atoms in total. The first kappa shape index (κ1) is 13.4. The molecule has 0 amide bonds. The minimum atomic E-state index is -1.36. The van der Waals surface area contributed by atoms with Gasteiger partial charge in [-0.15, -0.1) is 0 Å². The Kier molecular flexibility index (Phi) is 5.76. The summed E-state index contributed by atoms with van der Waals surface area (Å²) in [4.78, 5) is 21.1. The fourth-order valence-corrected chi connectivity index (χ4v) is 0.879. The molecule has 0 spiro atoms. The van der Waals surface area contributed by atoms with Crippen LogP contribution < -0.4 is 9.84 Å². The number of carbonyl (C=O) groups is 2. The zero-order chi connectivity index (χ0) is 9.84. The SMILES string of the molecule is CC(=O)Oc1ccccc1C(=O)[O-].[Ca+2]. The number of carbonyl (C=O) groups excluding carboxylic acids is 2. The quantitative estimate of drug-likeness (QED) is 0.385. The molecule has 5 heteroatoms. The van der Waals surface area contributed by atoms with Gasteiger partial charge in [0.2, 0.25) is 0 Å². The number of aromatic carboxylic acids is 1. The van der Waals surface area contributed by atoms with E-state index in [2.05, 4.69) is 4.74 Å². The van der Waals surface area contributed by atoms with Crippen molar-refractivity contribution in [3.63, 3.8) is 0 Å². The van der Waals surface area contributed by atoms with Crippen molar-refractivity contribution in [2.45, 2.75) is 6.92 Å². The van der Waals surface area contributed by atoms with E-state index >= 15 is 0 Å². The average molecular weight is 219 g/mol. The van der Waals surface area contributed by atoms with Crippen LogP contribution in [0.3, 0.4) is 0 Å². The van der Waals surface area contributed by atoms with E-state index in [9.17, 15) is 14.7 Å². The molecule has 0 saturated carbocycles. The smallest absolute Gasteiger partial charge is 0.545 e. The maximum atomic E-state index is 10.6. The number of rotatable bonds is 2. The van der Waals surface area contributed by atoms with Crippen LogP contribution in [-0.2, 0) is 4.79 Å². The first-order valence-corrected chi connectivity index (χ1v) is 3.60. The van der Waals surface area contributed by atoms with Crippen LogP contribution in [0, 0.1) is 0 Å². The standard InChI is InChI=1S/C9H8O4.Ca/c1-6(10)13-8-5-3-2-4-7(8)9(11)12;/h2-5H,1H3,(H,11,12);/q;+2/p-1. The topological polar surface area (TPSA) is 66.4 Å². The van der Waals surface area contributed by atoms with Crippen molar-refractivity contribution in [3.05, 3.63) is 29.8 Å². The maximum Gasteiger partial charge on any atom is 2.00 e. The summed E-state index contributed by atoms with van der Waals surface area (Å²) < 4.78 is 4.65. The number of hydrogen-bond acceptors (Lipinski definition) is 4. The Balaban J connectivity index is 0.00000169. The molecule has 1 aromatic rings. The summed E-state index contributed by atoms with van der Waals surface area (Å²) in [6.07, 6.45) is 0. The molecule has 0 atom stereocenters. The molecule has 68 valence electrons. The van der Waals surface area contributed by atoms with Gasteiger partial charge in [-0.05, 0) is 12.1 Å². The number of ether oxygens (including phenoxy) is 1. The Morgan fingerprint density at radius 2 is 1.86 bits per heavy atom. The molecular formula is C9H7CaO4+. The fraction of sp³-hybridized carbons (Fsp3) is 0.111. The predicted molar refractivity (Wildman–Crippen MR) is 47.8 cm³/mol. The summed E-state index contributed by atoms with van der Waals surface area (Å²) >= 11 is 0. The average Bonchev–Trinajstić information content (AvgIpc) is 2.03. The fourth-order valence-electron chi connectivity index (χ4n) is 0.879. The van der Waals surface area contributed by atoms with Gasteiger partial charge in [0, 0.05) is 12.5 Å². The molecule has 0 aliphatic rings. The molecule has 0 bridgehead atoms. The van der Waals surface area contributed by atoms with Gasteiger partial charge in [0.25, 0.3) is 0 Å². The molecule has 0 fully saturated rings. The van der Waals surface area contributed by atoms with Crippen molar-refractivity contribution in [1.82, 2.24) is 0 Å². The maximum absolute atomic E-state index is 10.6. The van der Waals surface area contributed by atoms with Crippen LogP contribution in [0.25, 0.3) is 0 Å². The number of benzene rings is 1. The van der Waals surface area contributed by atoms with Crippen LogP contribution in [0.1, 0.15) is 17.3 Å². The number of carboxylic acid groups (broad SMARTS) is 1. The number of carboxylic acids is 1. The Hall–Kier alpha value is -0.580. The van der Waals surface area contributed by atoms with E-state index in [4.69, 9.17) is 0 Å². The van der Waals surface area contributed by atoms with Crippen molar-refractivity contribution in [1.29, 1.82) is 0 Å². The molecule has 14 heavy (non-hydrogen) atoms. The van der Waals surface area contributed by atoms with E-state index in [1.165, 1.54) is 25.1 Å². The second kappa shape index (κ2) is 6.01. The third-order valence-corrected chi connectivity index (χ3v) is 1.36. The minimum Gasteiger partial charge on any atom is -0.545 e. The molecule has 0 unspecified atom stereocenters. The Bertz CT molecular complexity index is 348. The van der Waals surface area contributed by atoms with E-state index in [-0.39, 0.29) is 49.1 Å². The van der Waals surface area contributed by atoms with Gasteiger partial charge in [-0.1, -0.05) is 12.1 Å². The third kappa shape index (κ3) is 3.65. The molecule has 0 aliphatic heterocycles. The van der Waals surface area contributed by atoms with E-state index in [1.54, 1.807) is 6.07 Å². The largest absolute Gasteiger partial charge is 2.00 e. The van der Waals surface area contributed by atoms with Crippen LogP contribution in [0.4, 0.5) is 0 Å². The van der Waals surface area contributed by atoms with E-state index in [0.29, 0.717) is 0 Å². The number of hydrogen-bond donors (Lipinski definition) is 0. The number of para-hydroxylation sites is 1. The van der Waals surface area contributed by atoms with Gasteiger partial charge in [-0.3, -0.25) is 4.79 Å². The summed E-state index contributed by atoms with van der Waals surface area (Å²) in [5.74, 6) is -1.92. The Labute approximate surface area is 111 Å².